The van der Waals surface area contributed by atoms with Crippen LogP contribution < -0.4 is 0 Å². The van der Waals surface area contributed by atoms with Crippen LogP contribution in [-0.4, -0.2) is 9.38 Å². The highest BCUT2D eigenvalue weighted by Gasteiger charge is 2.21. The van der Waals surface area contributed by atoms with Gasteiger partial charge >= 0.3 is 0 Å². The van der Waals surface area contributed by atoms with E-state index in [1.807, 2.05) is 12.3 Å². The summed E-state index contributed by atoms with van der Waals surface area (Å²) in [6.07, 6.45) is 12.6. The highest BCUT2D eigenvalue weighted by Crippen LogP contribution is 2.41. The highest BCUT2D eigenvalue weighted by atomic mass is 19.1. The van der Waals surface area contributed by atoms with Crippen molar-refractivity contribution in [2.24, 2.45) is 0 Å². The zero-order valence-corrected chi connectivity index (χ0v) is 26.1. The SMILES string of the molecule is CCCCCCc1ccc(-c2c(F)ccc3c2c2cc(CCCCC)ccc2n2c(-c4c(C)cccc4C)cnc32)cc1. The second kappa shape index (κ2) is 12.7. The highest BCUT2D eigenvalue weighted by molar-refractivity contribution is 6.18. The molecule has 0 saturated carbocycles. The number of rotatable bonds is 11. The lowest BCUT2D eigenvalue weighted by Crippen LogP contribution is -1.99. The number of unbranched alkanes of at least 4 members (excludes halogenated alkanes) is 5. The van der Waals surface area contributed by atoms with Crippen molar-refractivity contribution in [2.45, 2.75) is 85.5 Å². The van der Waals surface area contributed by atoms with E-state index in [-0.39, 0.29) is 5.82 Å². The van der Waals surface area contributed by atoms with Crippen LogP contribution in [0.15, 0.2) is 79.0 Å². The molecule has 0 fully saturated rings. The number of aromatic nitrogens is 2. The van der Waals surface area contributed by atoms with Gasteiger partial charge in [-0.15, -0.1) is 0 Å². The van der Waals surface area contributed by atoms with E-state index in [0.29, 0.717) is 5.56 Å². The second-order valence-electron chi connectivity index (χ2n) is 12.2. The molecule has 0 spiro atoms. The molecule has 2 heterocycles. The molecule has 2 nitrogen and oxygen atoms in total. The molecule has 0 aliphatic carbocycles. The van der Waals surface area contributed by atoms with E-state index in [1.54, 1.807) is 6.07 Å². The van der Waals surface area contributed by atoms with Crippen LogP contribution in [-0.2, 0) is 12.8 Å². The molecule has 0 aliphatic heterocycles. The smallest absolute Gasteiger partial charge is 0.145 e. The fourth-order valence-corrected chi connectivity index (χ4v) is 6.81. The lowest BCUT2D eigenvalue weighted by molar-refractivity contribution is 0.633. The van der Waals surface area contributed by atoms with Crippen LogP contribution in [0.3, 0.4) is 0 Å². The van der Waals surface area contributed by atoms with Gasteiger partial charge in [-0.3, -0.25) is 4.40 Å². The third-order valence-corrected chi connectivity index (χ3v) is 9.10. The van der Waals surface area contributed by atoms with E-state index < -0.39 is 0 Å². The second-order valence-corrected chi connectivity index (χ2v) is 12.2. The van der Waals surface area contributed by atoms with Crippen molar-refractivity contribution < 1.29 is 4.39 Å². The van der Waals surface area contributed by atoms with E-state index in [0.717, 1.165) is 57.8 Å². The summed E-state index contributed by atoms with van der Waals surface area (Å²) in [5.41, 5.74) is 10.9. The maximum Gasteiger partial charge on any atom is 0.145 e. The van der Waals surface area contributed by atoms with Crippen LogP contribution in [0.1, 0.15) is 81.0 Å². The Hall–Kier alpha value is -3.98. The summed E-state index contributed by atoms with van der Waals surface area (Å²) in [6.45, 7) is 8.81. The molecule has 0 aliphatic rings. The summed E-state index contributed by atoms with van der Waals surface area (Å²) in [5.74, 6) is -0.188. The summed E-state index contributed by atoms with van der Waals surface area (Å²) >= 11 is 0. The molecule has 0 N–H and O–H groups in total. The molecule has 0 radical (unpaired) electrons. The van der Waals surface area contributed by atoms with E-state index in [1.165, 1.54) is 66.3 Å². The first-order valence-corrected chi connectivity index (χ1v) is 16.2. The maximum atomic E-state index is 16.0. The van der Waals surface area contributed by atoms with Gasteiger partial charge in [0, 0.05) is 27.3 Å². The molecule has 43 heavy (non-hydrogen) atoms. The molecular weight excluding hydrogens is 527 g/mol. The molecule has 0 bridgehead atoms. The van der Waals surface area contributed by atoms with Gasteiger partial charge in [-0.25, -0.2) is 9.37 Å². The van der Waals surface area contributed by atoms with Crippen molar-refractivity contribution in [3.05, 3.63) is 107 Å². The summed E-state index contributed by atoms with van der Waals surface area (Å²) < 4.78 is 18.3. The topological polar surface area (TPSA) is 17.3 Å². The summed E-state index contributed by atoms with van der Waals surface area (Å²) in [5, 5.41) is 3.02. The number of hydrogen-bond donors (Lipinski definition) is 0. The van der Waals surface area contributed by atoms with Gasteiger partial charge < -0.3 is 0 Å². The van der Waals surface area contributed by atoms with E-state index in [2.05, 4.69) is 92.8 Å². The average molecular weight is 571 g/mol. The van der Waals surface area contributed by atoms with Gasteiger partial charge in [0.05, 0.1) is 17.4 Å². The maximum absolute atomic E-state index is 16.0. The van der Waals surface area contributed by atoms with Gasteiger partial charge in [-0.05, 0) is 91.6 Å². The molecule has 2 aromatic heterocycles. The van der Waals surface area contributed by atoms with Crippen LogP contribution in [0, 0.1) is 19.7 Å². The zero-order valence-electron chi connectivity index (χ0n) is 26.1. The Kier molecular flexibility index (Phi) is 8.61. The van der Waals surface area contributed by atoms with Gasteiger partial charge in [0.1, 0.15) is 11.5 Å². The fourth-order valence-electron chi connectivity index (χ4n) is 6.81. The van der Waals surface area contributed by atoms with Crippen molar-refractivity contribution in [2.75, 3.05) is 0 Å². The summed E-state index contributed by atoms with van der Waals surface area (Å²) in [4.78, 5) is 5.01. The minimum Gasteiger partial charge on any atom is -0.292 e. The number of halogens is 1. The first-order valence-electron chi connectivity index (χ1n) is 16.2. The molecule has 4 aromatic carbocycles. The third-order valence-electron chi connectivity index (χ3n) is 9.10. The Labute approximate surface area is 255 Å². The van der Waals surface area contributed by atoms with Gasteiger partial charge in [0.2, 0.25) is 0 Å². The lowest BCUT2D eigenvalue weighted by atomic mass is 9.92. The molecule has 6 aromatic rings. The van der Waals surface area contributed by atoms with E-state index in [4.69, 9.17) is 4.98 Å². The largest absolute Gasteiger partial charge is 0.292 e. The quantitative estimate of drug-likeness (QED) is 0.112. The van der Waals surface area contributed by atoms with Gasteiger partial charge in [0.15, 0.2) is 0 Å². The monoisotopic (exact) mass is 570 g/mol. The number of hydrogen-bond acceptors (Lipinski definition) is 1. The van der Waals surface area contributed by atoms with Crippen molar-refractivity contribution >= 4 is 27.3 Å². The predicted molar refractivity (Wildman–Crippen MR) is 182 cm³/mol. The van der Waals surface area contributed by atoms with Crippen molar-refractivity contribution in [3.8, 4) is 22.4 Å². The number of pyridine rings is 1. The van der Waals surface area contributed by atoms with Crippen molar-refractivity contribution in [1.29, 1.82) is 0 Å². The number of nitrogens with zero attached hydrogens (tertiary/aromatic N) is 2. The van der Waals surface area contributed by atoms with Gasteiger partial charge in [0.25, 0.3) is 0 Å². The van der Waals surface area contributed by atoms with Crippen molar-refractivity contribution in [1.82, 2.24) is 9.38 Å². The normalized spacial score (nSPS) is 11.7. The Morgan fingerprint density at radius 2 is 1.35 bits per heavy atom. The van der Waals surface area contributed by atoms with Crippen molar-refractivity contribution in [3.63, 3.8) is 0 Å². The van der Waals surface area contributed by atoms with Crippen LogP contribution in [0.25, 0.3) is 49.7 Å². The molecule has 0 saturated heterocycles. The fraction of sp³-hybridized carbons (Fsp3) is 0.325. The van der Waals surface area contributed by atoms with Crippen LogP contribution in [0.4, 0.5) is 4.39 Å². The summed E-state index contributed by atoms with van der Waals surface area (Å²) in [7, 11) is 0. The molecule has 0 amide bonds. The number of aryl methyl sites for hydroxylation is 4. The van der Waals surface area contributed by atoms with E-state index in [9.17, 15) is 0 Å². The average Bonchev–Trinajstić information content (AvgIpc) is 3.45. The molecule has 6 rings (SSSR count). The van der Waals surface area contributed by atoms with Crippen LogP contribution in [0.5, 0.6) is 0 Å². The molecular formula is C40H43FN2. The van der Waals surface area contributed by atoms with E-state index >= 15 is 4.39 Å². The minimum atomic E-state index is -0.188. The standard InChI is InChI=1S/C40H43FN2/c1-5-7-9-11-15-29-17-20-31(21-18-29)38-34(41)23-22-32-39(38)33-25-30(16-10-8-6-2)19-24-35(33)43-36(26-42-40(32)43)37-27(3)13-12-14-28(37)4/h12-14,17-26H,5-11,15-16H2,1-4H3. The first kappa shape index (κ1) is 29.1. The van der Waals surface area contributed by atoms with Crippen LogP contribution in [0.2, 0.25) is 0 Å². The number of imidazole rings is 1. The number of fused-ring (bicyclic) bond motifs is 6. The zero-order chi connectivity index (χ0) is 29.9. The van der Waals surface area contributed by atoms with Gasteiger partial charge in [-0.1, -0.05) is 94.5 Å². The molecule has 3 heteroatoms. The van der Waals surface area contributed by atoms with Crippen LogP contribution >= 0.6 is 0 Å². The first-order chi connectivity index (χ1) is 21.0. The number of benzene rings is 4. The third kappa shape index (κ3) is 5.58. The molecule has 0 atom stereocenters. The Balaban J connectivity index is 1.60. The molecule has 0 unspecified atom stereocenters. The Morgan fingerprint density at radius 3 is 2.09 bits per heavy atom. The lowest BCUT2D eigenvalue weighted by Gasteiger charge is -2.17. The predicted octanol–water partition coefficient (Wildman–Crippen LogP) is 11.6. The minimum absolute atomic E-state index is 0.188. The summed E-state index contributed by atoms with van der Waals surface area (Å²) in [6, 6.07) is 25.4. The van der Waals surface area contributed by atoms with Gasteiger partial charge in [-0.2, -0.15) is 0 Å². The Morgan fingerprint density at radius 1 is 0.674 bits per heavy atom. The molecule has 220 valence electrons. The Bertz CT molecular complexity index is 1870.